The fourth-order valence-electron chi connectivity index (χ4n) is 1.81. The molecule has 19 heavy (non-hydrogen) atoms. The minimum Gasteiger partial charge on any atom is -0.507 e. The first-order valence-corrected chi connectivity index (χ1v) is 5.70. The first-order chi connectivity index (χ1) is 8.97. The maximum absolute atomic E-state index is 11.9. The Morgan fingerprint density at radius 2 is 2.16 bits per heavy atom. The van der Waals surface area contributed by atoms with Crippen LogP contribution in [0, 0.1) is 0 Å². The lowest BCUT2D eigenvalue weighted by Crippen LogP contribution is -2.52. The van der Waals surface area contributed by atoms with Gasteiger partial charge in [-0.1, -0.05) is 0 Å². The van der Waals surface area contributed by atoms with Crippen LogP contribution in [0.15, 0.2) is 18.2 Å². The van der Waals surface area contributed by atoms with Gasteiger partial charge in [-0.25, -0.2) is 0 Å². The quantitative estimate of drug-likeness (QED) is 0.423. The highest BCUT2D eigenvalue weighted by molar-refractivity contribution is 6.04. The molecule has 1 aromatic carbocycles. The maximum Gasteiger partial charge on any atom is 0.255 e. The number of phenolic OH excluding ortho intramolecular Hbond substituents is 1. The van der Waals surface area contributed by atoms with Gasteiger partial charge in [-0.15, -0.1) is 0 Å². The number of nitrogens with one attached hydrogen (secondary N) is 2. The number of rotatable bonds is 2. The zero-order valence-electron chi connectivity index (χ0n) is 9.97. The van der Waals surface area contributed by atoms with Gasteiger partial charge in [0.25, 0.3) is 5.91 Å². The molecule has 7 nitrogen and oxygen atoms in total. The summed E-state index contributed by atoms with van der Waals surface area (Å²) in [6, 6.07) is 3.31. The van der Waals surface area contributed by atoms with Crippen LogP contribution >= 0.6 is 0 Å². The van der Waals surface area contributed by atoms with Crippen LogP contribution in [0.3, 0.4) is 0 Å². The first-order valence-electron chi connectivity index (χ1n) is 5.70. The molecule has 0 unspecified atom stereocenters. The summed E-state index contributed by atoms with van der Waals surface area (Å²) >= 11 is 0. The molecule has 0 radical (unpaired) electrons. The highest BCUT2D eigenvalue weighted by atomic mass is 16.3. The third-order valence-corrected chi connectivity index (χ3v) is 2.81. The second-order valence-corrected chi connectivity index (χ2v) is 4.25. The van der Waals surface area contributed by atoms with Crippen molar-refractivity contribution in [2.75, 3.05) is 5.73 Å². The molecule has 0 aromatic heterocycles. The predicted octanol–water partition coefficient (Wildman–Crippen LogP) is -0.491. The number of benzene rings is 1. The maximum atomic E-state index is 11.9. The van der Waals surface area contributed by atoms with Crippen LogP contribution < -0.4 is 16.4 Å². The molecule has 1 atom stereocenters. The van der Waals surface area contributed by atoms with Crippen molar-refractivity contribution in [3.05, 3.63) is 23.8 Å². The van der Waals surface area contributed by atoms with E-state index in [1.807, 2.05) is 0 Å². The highest BCUT2D eigenvalue weighted by Gasteiger charge is 2.28. The number of imide groups is 1. The Hall–Kier alpha value is -2.57. The first kappa shape index (κ1) is 12.9. The van der Waals surface area contributed by atoms with Crippen LogP contribution in [0.5, 0.6) is 5.75 Å². The van der Waals surface area contributed by atoms with Gasteiger partial charge in [0.1, 0.15) is 11.8 Å². The zero-order valence-corrected chi connectivity index (χ0v) is 9.97. The van der Waals surface area contributed by atoms with Crippen molar-refractivity contribution in [1.82, 2.24) is 10.6 Å². The molecule has 2 rings (SSSR count). The smallest absolute Gasteiger partial charge is 0.255 e. The van der Waals surface area contributed by atoms with E-state index in [4.69, 9.17) is 5.73 Å². The van der Waals surface area contributed by atoms with E-state index in [-0.39, 0.29) is 30.1 Å². The Bertz CT molecular complexity index is 556. The summed E-state index contributed by atoms with van der Waals surface area (Å²) in [5.74, 6) is -1.75. The van der Waals surface area contributed by atoms with Gasteiger partial charge in [0.2, 0.25) is 11.8 Å². The molecule has 7 heteroatoms. The fraction of sp³-hybridized carbons (Fsp3) is 0.250. The number of hydrogen-bond acceptors (Lipinski definition) is 5. The van der Waals surface area contributed by atoms with E-state index < -0.39 is 17.9 Å². The summed E-state index contributed by atoms with van der Waals surface area (Å²) in [7, 11) is 0. The van der Waals surface area contributed by atoms with Crippen molar-refractivity contribution < 1.29 is 19.5 Å². The number of anilines is 1. The molecule has 1 aliphatic rings. The SMILES string of the molecule is Nc1ccc(C(=O)N[C@H]2CCC(=O)NC2=O)c(O)c1. The topological polar surface area (TPSA) is 122 Å². The number of phenols is 1. The molecule has 100 valence electrons. The van der Waals surface area contributed by atoms with E-state index >= 15 is 0 Å². The van der Waals surface area contributed by atoms with Crippen LogP contribution in [0.25, 0.3) is 0 Å². The fourth-order valence-corrected chi connectivity index (χ4v) is 1.81. The summed E-state index contributed by atoms with van der Waals surface area (Å²) in [5, 5.41) is 14.2. The number of carbonyl (C=O) groups is 3. The standard InChI is InChI=1S/C12H13N3O4/c13-6-1-2-7(9(16)5-6)11(18)14-8-3-4-10(17)15-12(8)19/h1-2,5,8,16H,3-4,13H2,(H,14,18)(H,15,17,19)/t8-/m0/s1. The monoisotopic (exact) mass is 263 g/mol. The Morgan fingerprint density at radius 1 is 1.42 bits per heavy atom. The Morgan fingerprint density at radius 3 is 2.79 bits per heavy atom. The molecule has 5 N–H and O–H groups in total. The van der Waals surface area contributed by atoms with Gasteiger partial charge < -0.3 is 16.2 Å². The average Bonchev–Trinajstić information content (AvgIpc) is 2.32. The van der Waals surface area contributed by atoms with E-state index in [1.54, 1.807) is 0 Å². The second kappa shape index (κ2) is 4.97. The minimum atomic E-state index is -0.776. The molecule has 1 aliphatic heterocycles. The number of hydrogen-bond donors (Lipinski definition) is 4. The molecule has 0 spiro atoms. The van der Waals surface area contributed by atoms with Crippen LogP contribution in [0.2, 0.25) is 0 Å². The van der Waals surface area contributed by atoms with Crippen molar-refractivity contribution in [1.29, 1.82) is 0 Å². The van der Waals surface area contributed by atoms with E-state index in [2.05, 4.69) is 10.6 Å². The molecule has 1 aromatic rings. The van der Waals surface area contributed by atoms with Crippen molar-refractivity contribution in [3.8, 4) is 5.75 Å². The Kier molecular flexibility index (Phi) is 3.37. The van der Waals surface area contributed by atoms with Crippen molar-refractivity contribution in [3.63, 3.8) is 0 Å². The van der Waals surface area contributed by atoms with Crippen molar-refractivity contribution >= 4 is 23.4 Å². The molecule has 0 bridgehead atoms. The summed E-state index contributed by atoms with van der Waals surface area (Å²) in [6.45, 7) is 0. The minimum absolute atomic E-state index is 0.0268. The lowest BCUT2D eigenvalue weighted by Gasteiger charge is -2.21. The van der Waals surface area contributed by atoms with Gasteiger partial charge in [-0.2, -0.15) is 0 Å². The summed E-state index contributed by atoms with van der Waals surface area (Å²) in [5.41, 5.74) is 5.81. The third kappa shape index (κ3) is 2.82. The summed E-state index contributed by atoms with van der Waals surface area (Å²) in [4.78, 5) is 34.3. The predicted molar refractivity (Wildman–Crippen MR) is 66.2 cm³/mol. The molecule has 1 heterocycles. The van der Waals surface area contributed by atoms with Gasteiger partial charge in [-0.05, 0) is 18.6 Å². The summed E-state index contributed by atoms with van der Waals surface area (Å²) < 4.78 is 0. The van der Waals surface area contributed by atoms with Gasteiger partial charge in [0.15, 0.2) is 0 Å². The zero-order chi connectivity index (χ0) is 14.0. The van der Waals surface area contributed by atoms with E-state index in [1.165, 1.54) is 18.2 Å². The van der Waals surface area contributed by atoms with E-state index in [0.29, 0.717) is 5.69 Å². The molecule has 0 saturated carbocycles. The van der Waals surface area contributed by atoms with E-state index in [0.717, 1.165) is 0 Å². The number of carbonyl (C=O) groups excluding carboxylic acids is 3. The number of nitrogens with two attached hydrogens (primary N) is 1. The number of nitrogen functional groups attached to an aromatic ring is 1. The molecular weight excluding hydrogens is 250 g/mol. The molecule has 3 amide bonds. The van der Waals surface area contributed by atoms with Gasteiger partial charge in [-0.3, -0.25) is 19.7 Å². The number of aromatic hydroxyl groups is 1. The largest absolute Gasteiger partial charge is 0.507 e. The highest BCUT2D eigenvalue weighted by Crippen LogP contribution is 2.20. The lowest BCUT2D eigenvalue weighted by atomic mass is 10.1. The Labute approximate surface area is 108 Å². The van der Waals surface area contributed by atoms with Crippen LogP contribution in [-0.4, -0.2) is 28.9 Å². The van der Waals surface area contributed by atoms with Crippen molar-refractivity contribution in [2.45, 2.75) is 18.9 Å². The Balaban J connectivity index is 2.09. The number of amides is 3. The van der Waals surface area contributed by atoms with Gasteiger partial charge in [0, 0.05) is 18.2 Å². The average molecular weight is 263 g/mol. The van der Waals surface area contributed by atoms with E-state index in [9.17, 15) is 19.5 Å². The van der Waals surface area contributed by atoms with Gasteiger partial charge >= 0.3 is 0 Å². The molecule has 1 fully saturated rings. The van der Waals surface area contributed by atoms with Crippen LogP contribution in [-0.2, 0) is 9.59 Å². The second-order valence-electron chi connectivity index (χ2n) is 4.25. The van der Waals surface area contributed by atoms with Crippen LogP contribution in [0.4, 0.5) is 5.69 Å². The third-order valence-electron chi connectivity index (χ3n) is 2.81. The van der Waals surface area contributed by atoms with Gasteiger partial charge in [0.05, 0.1) is 5.56 Å². The lowest BCUT2D eigenvalue weighted by molar-refractivity contribution is -0.134. The summed E-state index contributed by atoms with van der Waals surface area (Å²) in [6.07, 6.45) is 0.413. The molecular formula is C12H13N3O4. The van der Waals surface area contributed by atoms with Crippen LogP contribution in [0.1, 0.15) is 23.2 Å². The molecule has 0 aliphatic carbocycles. The normalized spacial score (nSPS) is 18.8. The number of piperidine rings is 1. The van der Waals surface area contributed by atoms with Crippen molar-refractivity contribution in [2.24, 2.45) is 0 Å². The molecule has 1 saturated heterocycles.